The third-order valence-corrected chi connectivity index (χ3v) is 4.06. The van der Waals surface area contributed by atoms with Crippen LogP contribution < -0.4 is 5.32 Å². The Morgan fingerprint density at radius 3 is 2.62 bits per heavy atom. The molecule has 2 rings (SSSR count). The van der Waals surface area contributed by atoms with Gasteiger partial charge < -0.3 is 5.32 Å². The molecule has 0 unspecified atom stereocenters. The monoisotopic (exact) mass is 237 g/mol. The van der Waals surface area contributed by atoms with E-state index in [-0.39, 0.29) is 0 Å². The first kappa shape index (κ1) is 11.9. The Morgan fingerprint density at radius 2 is 2.06 bits per heavy atom. The van der Waals surface area contributed by atoms with Gasteiger partial charge in [-0.05, 0) is 42.9 Å². The first-order valence-electron chi connectivity index (χ1n) is 6.20. The van der Waals surface area contributed by atoms with Gasteiger partial charge in [-0.25, -0.2) is 0 Å². The molecule has 0 aliphatic heterocycles. The molecule has 0 radical (unpaired) electrons. The standard InChI is InChI=1S/C14H20ClN/c1-2-16-11-14(8-5-9-14)10-12-6-3-4-7-13(12)15/h3-4,6-7,16H,2,5,8-11H2,1H3. The number of hydrogen-bond donors (Lipinski definition) is 1. The zero-order chi connectivity index (χ0) is 11.4. The van der Waals surface area contributed by atoms with Crippen molar-refractivity contribution in [3.05, 3.63) is 34.9 Å². The van der Waals surface area contributed by atoms with E-state index < -0.39 is 0 Å². The molecule has 1 N–H and O–H groups in total. The summed E-state index contributed by atoms with van der Waals surface area (Å²) in [6, 6.07) is 8.25. The van der Waals surface area contributed by atoms with Crippen molar-refractivity contribution in [3.8, 4) is 0 Å². The number of rotatable bonds is 5. The lowest BCUT2D eigenvalue weighted by atomic mass is 9.65. The fraction of sp³-hybridized carbons (Fsp3) is 0.571. The third kappa shape index (κ3) is 2.58. The van der Waals surface area contributed by atoms with Crippen LogP contribution in [0.4, 0.5) is 0 Å². The van der Waals surface area contributed by atoms with E-state index >= 15 is 0 Å². The average molecular weight is 238 g/mol. The number of halogens is 1. The fourth-order valence-electron chi connectivity index (χ4n) is 2.53. The summed E-state index contributed by atoms with van der Waals surface area (Å²) in [7, 11) is 0. The molecular formula is C14H20ClN. The van der Waals surface area contributed by atoms with Crippen LogP contribution in [0.15, 0.2) is 24.3 Å². The summed E-state index contributed by atoms with van der Waals surface area (Å²) in [5.41, 5.74) is 1.78. The second kappa shape index (κ2) is 5.20. The predicted molar refractivity (Wildman–Crippen MR) is 70.0 cm³/mol. The van der Waals surface area contributed by atoms with Crippen LogP contribution in [0.5, 0.6) is 0 Å². The fourth-order valence-corrected chi connectivity index (χ4v) is 2.73. The van der Waals surface area contributed by atoms with Crippen molar-refractivity contribution in [2.24, 2.45) is 5.41 Å². The largest absolute Gasteiger partial charge is 0.316 e. The van der Waals surface area contributed by atoms with Crippen molar-refractivity contribution in [3.63, 3.8) is 0 Å². The highest BCUT2D eigenvalue weighted by Crippen LogP contribution is 2.44. The maximum Gasteiger partial charge on any atom is 0.0438 e. The zero-order valence-corrected chi connectivity index (χ0v) is 10.7. The van der Waals surface area contributed by atoms with E-state index in [1.807, 2.05) is 12.1 Å². The summed E-state index contributed by atoms with van der Waals surface area (Å²) in [5.74, 6) is 0. The van der Waals surface area contributed by atoms with Crippen LogP contribution in [0.25, 0.3) is 0 Å². The maximum absolute atomic E-state index is 6.22. The molecule has 0 heterocycles. The minimum Gasteiger partial charge on any atom is -0.316 e. The van der Waals surface area contributed by atoms with Gasteiger partial charge in [0.1, 0.15) is 0 Å². The SMILES string of the molecule is CCNCC1(Cc2ccccc2Cl)CCC1. The molecule has 0 atom stereocenters. The van der Waals surface area contributed by atoms with Crippen molar-refractivity contribution in [2.75, 3.05) is 13.1 Å². The van der Waals surface area contributed by atoms with Crippen LogP contribution in [0.2, 0.25) is 5.02 Å². The Labute approximate surface area is 103 Å². The summed E-state index contributed by atoms with van der Waals surface area (Å²) in [6.07, 6.45) is 5.17. The summed E-state index contributed by atoms with van der Waals surface area (Å²) in [4.78, 5) is 0. The molecule has 1 aromatic rings. The second-order valence-electron chi connectivity index (χ2n) is 4.90. The van der Waals surface area contributed by atoms with Crippen molar-refractivity contribution >= 4 is 11.6 Å². The highest BCUT2D eigenvalue weighted by Gasteiger charge is 2.36. The van der Waals surface area contributed by atoms with Crippen LogP contribution in [-0.4, -0.2) is 13.1 Å². The molecule has 1 fully saturated rings. The van der Waals surface area contributed by atoms with Crippen molar-refractivity contribution < 1.29 is 0 Å². The van der Waals surface area contributed by atoms with Crippen molar-refractivity contribution in [1.29, 1.82) is 0 Å². The molecule has 0 aromatic heterocycles. The van der Waals surface area contributed by atoms with E-state index in [0.717, 1.165) is 24.5 Å². The van der Waals surface area contributed by atoms with Crippen LogP contribution >= 0.6 is 11.6 Å². The summed E-state index contributed by atoms with van der Waals surface area (Å²) in [6.45, 7) is 4.36. The van der Waals surface area contributed by atoms with Crippen molar-refractivity contribution in [1.82, 2.24) is 5.32 Å². The van der Waals surface area contributed by atoms with Crippen LogP contribution in [0.3, 0.4) is 0 Å². The third-order valence-electron chi connectivity index (χ3n) is 3.69. The van der Waals surface area contributed by atoms with Gasteiger partial charge in [-0.15, -0.1) is 0 Å². The lowest BCUT2D eigenvalue weighted by Gasteiger charge is -2.42. The zero-order valence-electron chi connectivity index (χ0n) is 9.93. The van der Waals surface area contributed by atoms with E-state index in [4.69, 9.17) is 11.6 Å². The smallest absolute Gasteiger partial charge is 0.0438 e. The van der Waals surface area contributed by atoms with Crippen molar-refractivity contribution in [2.45, 2.75) is 32.6 Å². The van der Waals surface area contributed by atoms with Gasteiger partial charge in [0.05, 0.1) is 0 Å². The summed E-state index contributed by atoms with van der Waals surface area (Å²) in [5, 5.41) is 4.41. The average Bonchev–Trinajstić information content (AvgIpc) is 2.24. The van der Waals surface area contributed by atoms with Gasteiger partial charge in [-0.2, -0.15) is 0 Å². The topological polar surface area (TPSA) is 12.0 Å². The Bertz CT molecular complexity index is 344. The van der Waals surface area contributed by atoms with Gasteiger partial charge >= 0.3 is 0 Å². The Morgan fingerprint density at radius 1 is 1.31 bits per heavy atom. The summed E-state index contributed by atoms with van der Waals surface area (Å²) >= 11 is 6.22. The lowest BCUT2D eigenvalue weighted by Crippen LogP contribution is -2.41. The molecule has 1 aromatic carbocycles. The Hall–Kier alpha value is -0.530. The first-order valence-corrected chi connectivity index (χ1v) is 6.58. The van der Waals surface area contributed by atoms with E-state index in [9.17, 15) is 0 Å². The van der Waals surface area contributed by atoms with Gasteiger partial charge in [0.25, 0.3) is 0 Å². The van der Waals surface area contributed by atoms with Gasteiger partial charge in [0.2, 0.25) is 0 Å². The second-order valence-corrected chi connectivity index (χ2v) is 5.31. The molecule has 0 bridgehead atoms. The highest BCUT2D eigenvalue weighted by molar-refractivity contribution is 6.31. The van der Waals surface area contributed by atoms with Gasteiger partial charge in [0, 0.05) is 11.6 Å². The minimum atomic E-state index is 0.473. The molecule has 1 aliphatic rings. The van der Waals surface area contributed by atoms with Gasteiger partial charge in [0.15, 0.2) is 0 Å². The van der Waals surface area contributed by atoms with E-state index in [0.29, 0.717) is 5.41 Å². The first-order chi connectivity index (χ1) is 7.76. The molecule has 1 aliphatic carbocycles. The summed E-state index contributed by atoms with van der Waals surface area (Å²) < 4.78 is 0. The van der Waals surface area contributed by atoms with E-state index in [1.165, 1.54) is 24.8 Å². The Kier molecular flexibility index (Phi) is 3.88. The highest BCUT2D eigenvalue weighted by atomic mass is 35.5. The maximum atomic E-state index is 6.22. The van der Waals surface area contributed by atoms with Crippen LogP contribution in [0, 0.1) is 5.41 Å². The minimum absolute atomic E-state index is 0.473. The Balaban J connectivity index is 2.04. The van der Waals surface area contributed by atoms with Crippen LogP contribution in [0.1, 0.15) is 31.7 Å². The molecule has 1 nitrogen and oxygen atoms in total. The molecule has 2 heteroatoms. The predicted octanol–water partition coefficient (Wildman–Crippen LogP) is 3.66. The van der Waals surface area contributed by atoms with Crippen LogP contribution in [-0.2, 0) is 6.42 Å². The lowest BCUT2D eigenvalue weighted by molar-refractivity contribution is 0.131. The van der Waals surface area contributed by atoms with E-state index in [2.05, 4.69) is 24.4 Å². The molecule has 0 amide bonds. The normalized spacial score (nSPS) is 18.1. The molecule has 16 heavy (non-hydrogen) atoms. The molecular weight excluding hydrogens is 218 g/mol. The van der Waals surface area contributed by atoms with Gasteiger partial charge in [-0.1, -0.05) is 43.1 Å². The molecule has 0 spiro atoms. The molecule has 1 saturated carbocycles. The van der Waals surface area contributed by atoms with E-state index in [1.54, 1.807) is 0 Å². The number of benzene rings is 1. The molecule has 88 valence electrons. The quantitative estimate of drug-likeness (QED) is 0.824. The molecule has 0 saturated heterocycles. The number of nitrogens with one attached hydrogen (secondary N) is 1. The van der Waals surface area contributed by atoms with Gasteiger partial charge in [-0.3, -0.25) is 0 Å². The number of hydrogen-bond acceptors (Lipinski definition) is 1.